The van der Waals surface area contributed by atoms with Gasteiger partial charge in [-0.1, -0.05) is 19.9 Å². The van der Waals surface area contributed by atoms with Gasteiger partial charge in [0.25, 0.3) is 0 Å². The Bertz CT molecular complexity index is 737. The second-order valence-corrected chi connectivity index (χ2v) is 7.09. The average Bonchev–Trinajstić information content (AvgIpc) is 2.59. The lowest BCUT2D eigenvalue weighted by Gasteiger charge is -2.24. The number of rotatable bonds is 6. The van der Waals surface area contributed by atoms with Crippen LogP contribution in [-0.4, -0.2) is 21.7 Å². The van der Waals surface area contributed by atoms with E-state index >= 15 is 0 Å². The van der Waals surface area contributed by atoms with E-state index in [0.29, 0.717) is 5.56 Å². The van der Waals surface area contributed by atoms with Crippen LogP contribution in [0.1, 0.15) is 62.3 Å². The number of amides is 1. The number of carbonyl (C=O) groups is 2. The van der Waals surface area contributed by atoms with E-state index in [4.69, 9.17) is 0 Å². The minimum Gasteiger partial charge on any atom is -0.348 e. The van der Waals surface area contributed by atoms with E-state index in [1.54, 1.807) is 24.7 Å². The number of pyridine rings is 2. The summed E-state index contributed by atoms with van der Waals surface area (Å²) in [6.45, 7) is 9.30. The Balaban J connectivity index is 2.27. The Hall–Kier alpha value is -2.56. The van der Waals surface area contributed by atoms with Gasteiger partial charge in [-0.15, -0.1) is 0 Å². The fraction of sp³-hybridized carbons (Fsp3) is 0.400. The molecule has 1 N–H and O–H groups in total. The lowest BCUT2D eigenvalue weighted by atomic mass is 9.79. The molecule has 0 aliphatic rings. The highest BCUT2D eigenvalue weighted by Crippen LogP contribution is 2.27. The Morgan fingerprint density at radius 2 is 1.84 bits per heavy atom. The van der Waals surface area contributed by atoms with E-state index in [2.05, 4.69) is 15.3 Å². The van der Waals surface area contributed by atoms with Gasteiger partial charge < -0.3 is 5.32 Å². The molecule has 5 heteroatoms. The number of nitrogens with one attached hydrogen (secondary N) is 1. The van der Waals surface area contributed by atoms with Crippen LogP contribution in [0, 0.1) is 5.92 Å². The predicted octanol–water partition coefficient (Wildman–Crippen LogP) is 3.47. The Morgan fingerprint density at radius 3 is 2.32 bits per heavy atom. The van der Waals surface area contributed by atoms with Crippen molar-refractivity contribution < 1.29 is 9.59 Å². The first kappa shape index (κ1) is 18.8. The number of hydrogen-bond acceptors (Lipinski definition) is 4. The standard InChI is InChI=1S/C20H25N3O2/c1-13(2)18(23-14(3)24)17-9-8-15(11-22-17)19(25)20(4,5)16-7-6-10-21-12-16/h6-13,18H,1-5H3,(H,23,24). The second kappa shape index (κ2) is 7.55. The van der Waals surface area contributed by atoms with Gasteiger partial charge >= 0.3 is 0 Å². The second-order valence-electron chi connectivity index (χ2n) is 7.09. The molecule has 0 spiro atoms. The summed E-state index contributed by atoms with van der Waals surface area (Å²) in [5, 5.41) is 2.91. The molecule has 2 rings (SSSR count). The van der Waals surface area contributed by atoms with Gasteiger partial charge in [-0.25, -0.2) is 0 Å². The zero-order valence-corrected chi connectivity index (χ0v) is 15.4. The molecule has 2 aromatic rings. The molecule has 0 fully saturated rings. The maximum absolute atomic E-state index is 12.9. The van der Waals surface area contributed by atoms with Crippen LogP contribution in [0.25, 0.3) is 0 Å². The van der Waals surface area contributed by atoms with E-state index in [1.807, 2.05) is 45.9 Å². The fourth-order valence-electron chi connectivity index (χ4n) is 2.75. The first-order valence-corrected chi connectivity index (χ1v) is 8.42. The van der Waals surface area contributed by atoms with Gasteiger partial charge in [-0.05, 0) is 43.5 Å². The maximum atomic E-state index is 12.9. The minimum absolute atomic E-state index is 0.0137. The van der Waals surface area contributed by atoms with Crippen LogP contribution in [0.15, 0.2) is 42.9 Å². The average molecular weight is 339 g/mol. The molecule has 0 saturated heterocycles. The number of nitrogens with zero attached hydrogens (tertiary/aromatic N) is 2. The van der Waals surface area contributed by atoms with E-state index in [0.717, 1.165) is 11.3 Å². The summed E-state index contributed by atoms with van der Waals surface area (Å²) in [6, 6.07) is 7.14. The number of hydrogen-bond donors (Lipinski definition) is 1. The quantitative estimate of drug-likeness (QED) is 0.818. The van der Waals surface area contributed by atoms with Crippen molar-refractivity contribution in [3.05, 3.63) is 59.7 Å². The van der Waals surface area contributed by atoms with E-state index in [-0.39, 0.29) is 23.7 Å². The number of Topliss-reactive ketones (excluding diaryl/α,β-unsaturated/α-hetero) is 1. The van der Waals surface area contributed by atoms with Crippen molar-refractivity contribution in [3.8, 4) is 0 Å². The van der Waals surface area contributed by atoms with Crippen LogP contribution in [0.3, 0.4) is 0 Å². The highest BCUT2D eigenvalue weighted by atomic mass is 16.1. The van der Waals surface area contributed by atoms with Crippen LogP contribution in [0.5, 0.6) is 0 Å². The molecule has 5 nitrogen and oxygen atoms in total. The van der Waals surface area contributed by atoms with Crippen molar-refractivity contribution in [2.45, 2.75) is 46.1 Å². The number of ketones is 1. The summed E-state index contributed by atoms with van der Waals surface area (Å²) < 4.78 is 0. The monoisotopic (exact) mass is 339 g/mol. The van der Waals surface area contributed by atoms with Crippen LogP contribution < -0.4 is 5.32 Å². The zero-order valence-electron chi connectivity index (χ0n) is 15.4. The SMILES string of the molecule is CC(=O)NC(c1ccc(C(=O)C(C)(C)c2cccnc2)cn1)C(C)C. The summed E-state index contributed by atoms with van der Waals surface area (Å²) in [5.41, 5.74) is 1.47. The molecule has 0 radical (unpaired) electrons. The summed E-state index contributed by atoms with van der Waals surface area (Å²) in [7, 11) is 0. The molecule has 0 saturated carbocycles. The van der Waals surface area contributed by atoms with Gasteiger partial charge in [-0.2, -0.15) is 0 Å². The largest absolute Gasteiger partial charge is 0.348 e. The Kier molecular flexibility index (Phi) is 5.67. The highest BCUT2D eigenvalue weighted by molar-refractivity contribution is 6.03. The molecular formula is C20H25N3O2. The van der Waals surface area contributed by atoms with E-state index in [1.165, 1.54) is 6.92 Å². The lowest BCUT2D eigenvalue weighted by Crippen LogP contribution is -2.31. The Morgan fingerprint density at radius 1 is 1.12 bits per heavy atom. The number of carbonyl (C=O) groups excluding carboxylic acids is 2. The predicted molar refractivity (Wildman–Crippen MR) is 97.2 cm³/mol. The van der Waals surface area contributed by atoms with E-state index < -0.39 is 5.41 Å². The van der Waals surface area contributed by atoms with Crippen molar-refractivity contribution in [2.75, 3.05) is 0 Å². The number of aromatic nitrogens is 2. The molecule has 0 aliphatic heterocycles. The molecular weight excluding hydrogens is 314 g/mol. The van der Waals surface area contributed by atoms with Gasteiger partial charge in [0.2, 0.25) is 5.91 Å². The summed E-state index contributed by atoms with van der Waals surface area (Å²) in [5.74, 6) is 0.0864. The highest BCUT2D eigenvalue weighted by Gasteiger charge is 2.31. The molecule has 2 heterocycles. The maximum Gasteiger partial charge on any atom is 0.217 e. The summed E-state index contributed by atoms with van der Waals surface area (Å²) in [4.78, 5) is 32.9. The van der Waals surface area contributed by atoms with Gasteiger partial charge in [0.1, 0.15) is 0 Å². The third kappa shape index (κ3) is 4.29. The van der Waals surface area contributed by atoms with Crippen LogP contribution in [-0.2, 0) is 10.2 Å². The van der Waals surface area contributed by atoms with Crippen molar-refractivity contribution in [2.24, 2.45) is 5.92 Å². The molecule has 25 heavy (non-hydrogen) atoms. The topological polar surface area (TPSA) is 72.0 Å². The molecule has 1 amide bonds. The van der Waals surface area contributed by atoms with Gasteiger partial charge in [0.05, 0.1) is 17.2 Å². The van der Waals surface area contributed by atoms with Crippen molar-refractivity contribution in [1.29, 1.82) is 0 Å². The minimum atomic E-state index is -0.688. The zero-order chi connectivity index (χ0) is 18.6. The molecule has 0 bridgehead atoms. The van der Waals surface area contributed by atoms with Gasteiger partial charge in [0, 0.05) is 31.1 Å². The van der Waals surface area contributed by atoms with Crippen LogP contribution in [0.2, 0.25) is 0 Å². The molecule has 1 unspecified atom stereocenters. The normalized spacial score (nSPS) is 12.7. The van der Waals surface area contributed by atoms with Gasteiger partial charge in [0.15, 0.2) is 5.78 Å². The van der Waals surface area contributed by atoms with Crippen molar-refractivity contribution in [1.82, 2.24) is 15.3 Å². The third-order valence-electron chi connectivity index (χ3n) is 4.34. The van der Waals surface area contributed by atoms with Crippen molar-refractivity contribution >= 4 is 11.7 Å². The molecule has 132 valence electrons. The van der Waals surface area contributed by atoms with Gasteiger partial charge in [-0.3, -0.25) is 19.6 Å². The molecule has 1 atom stereocenters. The van der Waals surface area contributed by atoms with Crippen LogP contribution in [0.4, 0.5) is 0 Å². The molecule has 0 aliphatic carbocycles. The smallest absolute Gasteiger partial charge is 0.217 e. The van der Waals surface area contributed by atoms with Crippen molar-refractivity contribution in [3.63, 3.8) is 0 Å². The molecule has 2 aromatic heterocycles. The van der Waals surface area contributed by atoms with Crippen LogP contribution >= 0.6 is 0 Å². The first-order chi connectivity index (χ1) is 11.7. The summed E-state index contributed by atoms with van der Waals surface area (Å²) >= 11 is 0. The molecule has 0 aromatic carbocycles. The first-order valence-electron chi connectivity index (χ1n) is 8.42. The fourth-order valence-corrected chi connectivity index (χ4v) is 2.75. The third-order valence-corrected chi connectivity index (χ3v) is 4.34. The van der Waals surface area contributed by atoms with E-state index in [9.17, 15) is 9.59 Å². The lowest BCUT2D eigenvalue weighted by molar-refractivity contribution is -0.120. The Labute approximate surface area is 148 Å². The summed E-state index contributed by atoms with van der Waals surface area (Å²) in [6.07, 6.45) is 4.99.